The van der Waals surface area contributed by atoms with Crippen LogP contribution in [-0.2, 0) is 0 Å². The molecule has 1 aliphatic heterocycles. The van der Waals surface area contributed by atoms with Crippen molar-refractivity contribution in [3.63, 3.8) is 0 Å². The zero-order valence-corrected chi connectivity index (χ0v) is 27.6. The first kappa shape index (κ1) is 30.5. The number of anilines is 1. The van der Waals surface area contributed by atoms with Crippen molar-refractivity contribution in [3.05, 3.63) is 180 Å². The van der Waals surface area contributed by atoms with E-state index in [-0.39, 0.29) is 5.91 Å². The van der Waals surface area contributed by atoms with Crippen LogP contribution in [0.1, 0.15) is 31.8 Å². The molecular weight excluding hydrogens is 641 g/mol. The van der Waals surface area contributed by atoms with Crippen molar-refractivity contribution >= 4 is 39.3 Å². The summed E-state index contributed by atoms with van der Waals surface area (Å²) in [6.07, 6.45) is 0. The lowest BCUT2D eigenvalue weighted by Gasteiger charge is -2.19. The van der Waals surface area contributed by atoms with E-state index >= 15 is 0 Å². The summed E-state index contributed by atoms with van der Waals surface area (Å²) in [7, 11) is 0. The number of carbonyl (C=O) groups excluding carboxylic acids is 2. The Morgan fingerprint density at radius 3 is 1.54 bits per heavy atom. The number of benzene rings is 7. The zero-order chi connectivity index (χ0) is 35.3. The monoisotopic (exact) mass is 666 g/mol. The zero-order valence-electron chi connectivity index (χ0n) is 27.6. The van der Waals surface area contributed by atoms with Gasteiger partial charge in [-0.25, -0.2) is 4.90 Å². The molecule has 0 unspecified atom stereocenters. The van der Waals surface area contributed by atoms with Gasteiger partial charge in [0.05, 0.1) is 56.8 Å². The minimum Gasteiger partial charge on any atom is -0.308 e. The second kappa shape index (κ2) is 12.1. The van der Waals surface area contributed by atoms with Crippen molar-refractivity contribution in [2.75, 3.05) is 4.90 Å². The Bertz CT molecular complexity index is 2760. The van der Waals surface area contributed by atoms with E-state index in [2.05, 4.69) is 41.0 Å². The Morgan fingerprint density at radius 2 is 0.923 bits per heavy atom. The smallest absolute Gasteiger partial charge is 0.268 e. The number of nitriles is 2. The lowest BCUT2D eigenvalue weighted by molar-refractivity contribution is 0.0926. The molecule has 0 spiro atoms. The molecule has 242 valence electrons. The molecule has 2 heterocycles. The van der Waals surface area contributed by atoms with E-state index in [1.165, 1.54) is 4.90 Å². The van der Waals surface area contributed by atoms with E-state index in [9.17, 15) is 20.1 Å². The highest BCUT2D eigenvalue weighted by Gasteiger charge is 2.40. The minimum atomic E-state index is -0.398. The maximum atomic E-state index is 14.7. The van der Waals surface area contributed by atoms with Crippen molar-refractivity contribution < 1.29 is 9.59 Å². The van der Waals surface area contributed by atoms with Gasteiger partial charge >= 0.3 is 0 Å². The summed E-state index contributed by atoms with van der Waals surface area (Å²) in [4.78, 5) is 30.3. The van der Waals surface area contributed by atoms with E-state index in [0.717, 1.165) is 55.2 Å². The molecule has 2 amide bonds. The number of fused-ring (bicyclic) bond motifs is 4. The number of hydrogen-bond donors (Lipinski definition) is 0. The molecule has 0 fully saturated rings. The molecule has 0 atom stereocenters. The molecule has 52 heavy (non-hydrogen) atoms. The fraction of sp³-hybridized carbons (Fsp3) is 0. The highest BCUT2D eigenvalue weighted by atomic mass is 16.2. The van der Waals surface area contributed by atoms with Crippen LogP contribution < -0.4 is 4.90 Å². The fourth-order valence-corrected chi connectivity index (χ4v) is 7.38. The number of amides is 2. The Labute approximate surface area is 299 Å². The number of imide groups is 1. The first-order valence-corrected chi connectivity index (χ1v) is 16.8. The Hall–Kier alpha value is -7.54. The first-order valence-electron chi connectivity index (χ1n) is 16.8. The second-order valence-electron chi connectivity index (χ2n) is 12.7. The summed E-state index contributed by atoms with van der Waals surface area (Å²) >= 11 is 0. The van der Waals surface area contributed by atoms with Gasteiger partial charge in [0.25, 0.3) is 11.8 Å². The van der Waals surface area contributed by atoms with E-state index < -0.39 is 5.91 Å². The molecule has 6 heteroatoms. The van der Waals surface area contributed by atoms with Crippen LogP contribution in [-0.4, -0.2) is 16.4 Å². The topological polar surface area (TPSA) is 89.9 Å². The van der Waals surface area contributed by atoms with Gasteiger partial charge in [-0.3, -0.25) is 9.59 Å². The Balaban J connectivity index is 1.30. The number of carbonyl (C=O) groups is 2. The second-order valence-corrected chi connectivity index (χ2v) is 12.7. The third-order valence-corrected chi connectivity index (χ3v) is 9.78. The predicted molar refractivity (Wildman–Crippen MR) is 204 cm³/mol. The van der Waals surface area contributed by atoms with Gasteiger partial charge in [0.15, 0.2) is 0 Å². The molecule has 7 aromatic carbocycles. The molecule has 0 saturated carbocycles. The first-order chi connectivity index (χ1) is 25.5. The van der Waals surface area contributed by atoms with Gasteiger partial charge in [0.1, 0.15) is 0 Å². The summed E-state index contributed by atoms with van der Waals surface area (Å²) in [5.74, 6) is -0.779. The van der Waals surface area contributed by atoms with E-state index in [0.29, 0.717) is 33.6 Å². The van der Waals surface area contributed by atoms with Crippen LogP contribution >= 0.6 is 0 Å². The SMILES string of the molecule is N#Cc1cccc(-c2ccc3c4ccc(-c5cccc(C#N)c5)cc4n(-c4cccc5c4C(=O)N(c4ccccc4-c4ccccc4)C5=O)c3c2)c1. The van der Waals surface area contributed by atoms with Crippen molar-refractivity contribution in [1.82, 2.24) is 4.57 Å². The Morgan fingerprint density at radius 1 is 0.423 bits per heavy atom. The van der Waals surface area contributed by atoms with Crippen LogP contribution in [0.4, 0.5) is 5.69 Å². The summed E-state index contributed by atoms with van der Waals surface area (Å²) in [5.41, 5.74) is 9.83. The normalized spacial score (nSPS) is 12.2. The van der Waals surface area contributed by atoms with Crippen LogP contribution in [0.2, 0.25) is 0 Å². The van der Waals surface area contributed by atoms with E-state index in [1.54, 1.807) is 18.2 Å². The third-order valence-electron chi connectivity index (χ3n) is 9.78. The minimum absolute atomic E-state index is 0.322. The molecule has 6 nitrogen and oxygen atoms in total. The summed E-state index contributed by atoms with van der Waals surface area (Å²) in [6.45, 7) is 0. The van der Waals surface area contributed by atoms with Crippen LogP contribution in [0.25, 0.3) is 60.9 Å². The quantitative estimate of drug-likeness (QED) is 0.171. The van der Waals surface area contributed by atoms with Gasteiger partial charge in [-0.15, -0.1) is 0 Å². The van der Waals surface area contributed by atoms with Gasteiger partial charge in [0.2, 0.25) is 0 Å². The van der Waals surface area contributed by atoms with Gasteiger partial charge in [-0.1, -0.05) is 103 Å². The van der Waals surface area contributed by atoms with E-state index in [4.69, 9.17) is 0 Å². The number of rotatable bonds is 5. The largest absolute Gasteiger partial charge is 0.308 e. The third kappa shape index (κ3) is 4.79. The molecule has 0 N–H and O–H groups in total. The molecule has 8 aromatic rings. The number of aromatic nitrogens is 1. The maximum Gasteiger partial charge on any atom is 0.268 e. The molecule has 0 saturated heterocycles. The van der Waals surface area contributed by atoms with Gasteiger partial charge in [0, 0.05) is 16.3 Å². The number of hydrogen-bond acceptors (Lipinski definition) is 4. The lowest BCUT2D eigenvalue weighted by atomic mass is 10.0. The van der Waals surface area contributed by atoms with Crippen LogP contribution in [0, 0.1) is 22.7 Å². The highest BCUT2D eigenvalue weighted by Crippen LogP contribution is 2.42. The number of nitrogens with zero attached hydrogens (tertiary/aromatic N) is 4. The molecule has 1 aliphatic rings. The van der Waals surface area contributed by atoms with Crippen molar-refractivity contribution in [3.8, 4) is 51.2 Å². The number of para-hydroxylation sites is 1. The van der Waals surface area contributed by atoms with Crippen molar-refractivity contribution in [1.29, 1.82) is 10.5 Å². The van der Waals surface area contributed by atoms with Crippen LogP contribution in [0.3, 0.4) is 0 Å². The fourth-order valence-electron chi connectivity index (χ4n) is 7.38. The average molecular weight is 667 g/mol. The van der Waals surface area contributed by atoms with Crippen LogP contribution in [0.5, 0.6) is 0 Å². The highest BCUT2D eigenvalue weighted by molar-refractivity contribution is 6.36. The average Bonchev–Trinajstić information content (AvgIpc) is 3.67. The lowest BCUT2D eigenvalue weighted by Crippen LogP contribution is -2.30. The van der Waals surface area contributed by atoms with Crippen LogP contribution in [0.15, 0.2) is 158 Å². The standard InChI is InChI=1S/C46H26N4O2/c47-27-29-9-6-13-32(23-29)34-19-21-37-38-22-20-35(33-14-7-10-30(24-33)28-48)26-43(38)49(42(37)25-34)41-18-8-16-39-44(41)46(52)50(45(39)51)40-17-5-4-15-36(40)31-11-2-1-3-12-31/h1-26H. The van der Waals surface area contributed by atoms with Gasteiger partial charge in [-0.2, -0.15) is 10.5 Å². The molecule has 0 aliphatic carbocycles. The van der Waals surface area contributed by atoms with E-state index in [1.807, 2.05) is 115 Å². The molecule has 0 radical (unpaired) electrons. The summed E-state index contributed by atoms with van der Waals surface area (Å²) in [5, 5.41) is 21.1. The molecule has 9 rings (SSSR count). The summed E-state index contributed by atoms with van der Waals surface area (Å²) in [6, 6.07) is 54.4. The molecular formula is C46H26N4O2. The van der Waals surface area contributed by atoms with Crippen molar-refractivity contribution in [2.24, 2.45) is 0 Å². The summed E-state index contributed by atoms with van der Waals surface area (Å²) < 4.78 is 2.07. The molecule has 1 aromatic heterocycles. The van der Waals surface area contributed by atoms with Gasteiger partial charge in [-0.05, 0) is 82.4 Å². The van der Waals surface area contributed by atoms with Gasteiger partial charge < -0.3 is 4.57 Å². The van der Waals surface area contributed by atoms with Crippen molar-refractivity contribution in [2.45, 2.75) is 0 Å². The molecule has 0 bridgehead atoms. The predicted octanol–water partition coefficient (Wildman–Crippen LogP) is 10.3. The Kier molecular flexibility index (Phi) is 7.10. The maximum absolute atomic E-state index is 14.7.